The van der Waals surface area contributed by atoms with E-state index in [1.807, 2.05) is 0 Å². The van der Waals surface area contributed by atoms with Crippen molar-refractivity contribution in [2.24, 2.45) is 5.73 Å². The molecule has 0 bridgehead atoms. The van der Waals surface area contributed by atoms with Crippen molar-refractivity contribution in [3.63, 3.8) is 0 Å². The average molecular weight is 254 g/mol. The molecule has 0 aromatic heterocycles. The first-order valence-corrected chi connectivity index (χ1v) is 5.42. The Bertz CT molecular complexity index is 448. The zero-order valence-electron chi connectivity index (χ0n) is 9.30. The summed E-state index contributed by atoms with van der Waals surface area (Å²) in [5.41, 5.74) is 5.62. The molecule has 0 heterocycles. The van der Waals surface area contributed by atoms with Gasteiger partial charge in [-0.2, -0.15) is 0 Å². The molecule has 6 heteroatoms. The van der Waals surface area contributed by atoms with Crippen LogP contribution in [0.25, 0.3) is 0 Å². The quantitative estimate of drug-likeness (QED) is 0.473. The third-order valence-electron chi connectivity index (χ3n) is 2.12. The topological polar surface area (TPSA) is 95.6 Å². The van der Waals surface area contributed by atoms with Crippen molar-refractivity contribution in [3.8, 4) is 11.5 Å². The Labute approximate surface area is 104 Å². The van der Waals surface area contributed by atoms with E-state index in [4.69, 9.17) is 23.1 Å². The van der Waals surface area contributed by atoms with Gasteiger partial charge < -0.3 is 21.3 Å². The second-order valence-corrected chi connectivity index (χ2v) is 4.27. The Morgan fingerprint density at radius 2 is 2.12 bits per heavy atom. The predicted octanol–water partition coefficient (Wildman–Crippen LogP) is 0.892. The Morgan fingerprint density at radius 3 is 2.65 bits per heavy atom. The van der Waals surface area contributed by atoms with E-state index in [2.05, 4.69) is 5.32 Å². The summed E-state index contributed by atoms with van der Waals surface area (Å²) in [5, 5.41) is 21.0. The number of rotatable bonds is 4. The molecule has 1 aromatic rings. The summed E-state index contributed by atoms with van der Waals surface area (Å²) in [5.74, 6) is -0.957. The lowest BCUT2D eigenvalue weighted by Gasteiger charge is -2.13. The molecular formula is C11H14N2O3S. The third kappa shape index (κ3) is 3.92. The maximum Gasteiger partial charge on any atom is 0.251 e. The first kappa shape index (κ1) is 13.2. The standard InChI is InChI=1S/C11H14N2O3S/c1-6(4-10(12)17)13-11(16)7-2-3-8(14)9(15)5-7/h2-3,5-6,14-15H,4H2,1H3,(H2,12,17)(H,13,16). The van der Waals surface area contributed by atoms with Crippen LogP contribution in [0, 0.1) is 0 Å². The number of hydrogen-bond acceptors (Lipinski definition) is 4. The molecule has 1 rings (SSSR count). The van der Waals surface area contributed by atoms with Crippen molar-refractivity contribution in [1.29, 1.82) is 0 Å². The van der Waals surface area contributed by atoms with E-state index in [1.54, 1.807) is 6.92 Å². The van der Waals surface area contributed by atoms with Crippen LogP contribution in [0.5, 0.6) is 11.5 Å². The lowest BCUT2D eigenvalue weighted by molar-refractivity contribution is 0.0941. The highest BCUT2D eigenvalue weighted by Gasteiger charge is 2.12. The van der Waals surface area contributed by atoms with Gasteiger partial charge in [-0.25, -0.2) is 0 Å². The lowest BCUT2D eigenvalue weighted by Crippen LogP contribution is -2.35. The maximum absolute atomic E-state index is 11.7. The summed E-state index contributed by atoms with van der Waals surface area (Å²) in [6.07, 6.45) is 0.408. The van der Waals surface area contributed by atoms with Crippen molar-refractivity contribution in [1.82, 2.24) is 5.32 Å². The van der Waals surface area contributed by atoms with Crippen LogP contribution in [0.3, 0.4) is 0 Å². The van der Waals surface area contributed by atoms with Crippen molar-refractivity contribution in [3.05, 3.63) is 23.8 Å². The number of amides is 1. The number of aromatic hydroxyl groups is 2. The summed E-state index contributed by atoms with van der Waals surface area (Å²) in [7, 11) is 0. The fourth-order valence-corrected chi connectivity index (χ4v) is 1.57. The Balaban J connectivity index is 2.70. The molecular weight excluding hydrogens is 240 g/mol. The molecule has 1 amide bonds. The Hall–Kier alpha value is -1.82. The van der Waals surface area contributed by atoms with Crippen LogP contribution in [-0.2, 0) is 0 Å². The molecule has 1 unspecified atom stereocenters. The van der Waals surface area contributed by atoms with E-state index >= 15 is 0 Å². The number of phenols is 2. The molecule has 0 saturated carbocycles. The number of benzene rings is 1. The smallest absolute Gasteiger partial charge is 0.251 e. The van der Waals surface area contributed by atoms with Gasteiger partial charge in [0.25, 0.3) is 5.91 Å². The second-order valence-electron chi connectivity index (χ2n) is 3.75. The molecule has 0 aliphatic rings. The molecule has 1 aromatic carbocycles. The summed E-state index contributed by atoms with van der Waals surface area (Å²) in [4.78, 5) is 12.0. The Morgan fingerprint density at radius 1 is 1.47 bits per heavy atom. The molecule has 0 spiro atoms. The van der Waals surface area contributed by atoms with Crippen LogP contribution in [-0.4, -0.2) is 27.2 Å². The van der Waals surface area contributed by atoms with Crippen LogP contribution in [0.1, 0.15) is 23.7 Å². The van der Waals surface area contributed by atoms with Gasteiger partial charge in [-0.3, -0.25) is 4.79 Å². The van der Waals surface area contributed by atoms with E-state index < -0.39 is 0 Å². The highest BCUT2D eigenvalue weighted by atomic mass is 32.1. The van der Waals surface area contributed by atoms with Crippen LogP contribution in [0.15, 0.2) is 18.2 Å². The molecule has 0 aliphatic carbocycles. The monoisotopic (exact) mass is 254 g/mol. The summed E-state index contributed by atoms with van der Waals surface area (Å²) in [6, 6.07) is 3.68. The van der Waals surface area contributed by atoms with Crippen LogP contribution >= 0.6 is 12.2 Å². The average Bonchev–Trinajstić information content (AvgIpc) is 2.20. The minimum absolute atomic E-state index is 0.184. The first-order valence-electron chi connectivity index (χ1n) is 5.01. The van der Waals surface area contributed by atoms with Crippen molar-refractivity contribution in [2.75, 3.05) is 0 Å². The van der Waals surface area contributed by atoms with Gasteiger partial charge in [0, 0.05) is 18.0 Å². The number of carbonyl (C=O) groups is 1. The summed E-state index contributed by atoms with van der Waals surface area (Å²) in [6.45, 7) is 1.78. The summed E-state index contributed by atoms with van der Waals surface area (Å²) < 4.78 is 0. The molecule has 0 fully saturated rings. The highest BCUT2D eigenvalue weighted by molar-refractivity contribution is 7.80. The van der Waals surface area contributed by atoms with Crippen molar-refractivity contribution < 1.29 is 15.0 Å². The minimum atomic E-state index is -0.357. The van der Waals surface area contributed by atoms with Gasteiger partial charge in [-0.1, -0.05) is 12.2 Å². The van der Waals surface area contributed by atoms with Gasteiger partial charge >= 0.3 is 0 Å². The number of phenolic OH excluding ortho intramolecular Hbond substituents is 2. The minimum Gasteiger partial charge on any atom is -0.504 e. The third-order valence-corrected chi connectivity index (χ3v) is 2.29. The van der Waals surface area contributed by atoms with Gasteiger partial charge in [0.05, 0.1) is 4.99 Å². The number of thiocarbonyl (C=S) groups is 1. The van der Waals surface area contributed by atoms with Crippen LogP contribution in [0.2, 0.25) is 0 Å². The van der Waals surface area contributed by atoms with E-state index in [9.17, 15) is 9.90 Å². The number of nitrogens with one attached hydrogen (secondary N) is 1. The van der Waals surface area contributed by atoms with Gasteiger partial charge in [0.2, 0.25) is 0 Å². The molecule has 1 atom stereocenters. The van der Waals surface area contributed by atoms with Gasteiger partial charge in [0.15, 0.2) is 11.5 Å². The van der Waals surface area contributed by atoms with E-state index in [1.165, 1.54) is 18.2 Å². The SMILES string of the molecule is CC(CC(N)=S)NC(=O)c1ccc(O)c(O)c1. The van der Waals surface area contributed by atoms with Crippen molar-refractivity contribution in [2.45, 2.75) is 19.4 Å². The highest BCUT2D eigenvalue weighted by Crippen LogP contribution is 2.24. The number of nitrogens with two attached hydrogens (primary N) is 1. The molecule has 5 nitrogen and oxygen atoms in total. The first-order chi connectivity index (χ1) is 7.90. The molecule has 0 saturated heterocycles. The van der Waals surface area contributed by atoms with E-state index in [-0.39, 0.29) is 29.0 Å². The van der Waals surface area contributed by atoms with E-state index in [0.717, 1.165) is 0 Å². The number of carbonyl (C=O) groups excluding carboxylic acids is 1. The zero-order chi connectivity index (χ0) is 13.0. The largest absolute Gasteiger partial charge is 0.504 e. The van der Waals surface area contributed by atoms with Gasteiger partial charge in [-0.15, -0.1) is 0 Å². The molecule has 5 N–H and O–H groups in total. The molecule has 92 valence electrons. The molecule has 0 radical (unpaired) electrons. The summed E-state index contributed by atoms with van der Waals surface area (Å²) >= 11 is 4.73. The van der Waals surface area contributed by atoms with Crippen LogP contribution in [0.4, 0.5) is 0 Å². The van der Waals surface area contributed by atoms with Gasteiger partial charge in [-0.05, 0) is 25.1 Å². The zero-order valence-corrected chi connectivity index (χ0v) is 10.1. The van der Waals surface area contributed by atoms with E-state index in [0.29, 0.717) is 11.4 Å². The van der Waals surface area contributed by atoms with Crippen LogP contribution < -0.4 is 11.1 Å². The number of hydrogen-bond donors (Lipinski definition) is 4. The molecule has 17 heavy (non-hydrogen) atoms. The predicted molar refractivity (Wildman–Crippen MR) is 68.1 cm³/mol. The van der Waals surface area contributed by atoms with Gasteiger partial charge in [0.1, 0.15) is 0 Å². The van der Waals surface area contributed by atoms with Crippen molar-refractivity contribution >= 4 is 23.1 Å². The molecule has 0 aliphatic heterocycles. The lowest BCUT2D eigenvalue weighted by atomic mass is 10.1. The fourth-order valence-electron chi connectivity index (χ4n) is 1.32. The fraction of sp³-hybridized carbons (Fsp3) is 0.273. The normalized spacial score (nSPS) is 11.8. The maximum atomic E-state index is 11.7. The Kier molecular flexibility index (Phi) is 4.28. The second kappa shape index (κ2) is 5.49.